The zero-order valence-corrected chi connectivity index (χ0v) is 18.6. The van der Waals surface area contributed by atoms with Crippen molar-refractivity contribution >= 4 is 28.7 Å². The molecule has 2 aliphatic rings. The van der Waals surface area contributed by atoms with Crippen molar-refractivity contribution in [2.75, 3.05) is 18.0 Å². The molecule has 1 atom stereocenters. The van der Waals surface area contributed by atoms with Crippen LogP contribution in [0.5, 0.6) is 0 Å². The third-order valence-electron chi connectivity index (χ3n) is 5.55. The third-order valence-corrected chi connectivity index (χ3v) is 6.26. The molecule has 160 valence electrons. The summed E-state index contributed by atoms with van der Waals surface area (Å²) in [7, 11) is 0. The lowest BCUT2D eigenvalue weighted by Gasteiger charge is -2.38. The summed E-state index contributed by atoms with van der Waals surface area (Å²) < 4.78 is 40.0. The highest BCUT2D eigenvalue weighted by molar-refractivity contribution is 7.80. The van der Waals surface area contributed by atoms with E-state index in [2.05, 4.69) is 18.7 Å². The Balaban J connectivity index is 2.15. The molecule has 0 bridgehead atoms. The van der Waals surface area contributed by atoms with Crippen LogP contribution in [0, 0.1) is 5.41 Å². The molecule has 7 heteroatoms. The first-order valence-corrected chi connectivity index (χ1v) is 10.6. The highest BCUT2D eigenvalue weighted by Gasteiger charge is 2.52. The molecule has 0 radical (unpaired) electrons. The normalized spacial score (nSPS) is 25.1. The first-order chi connectivity index (χ1) is 13.3. The number of halogens is 3. The van der Waals surface area contributed by atoms with E-state index in [-0.39, 0.29) is 11.6 Å². The fourth-order valence-electron chi connectivity index (χ4n) is 4.28. The maximum Gasteiger partial charge on any atom is 0.416 e. The van der Waals surface area contributed by atoms with Crippen LogP contribution < -0.4 is 4.90 Å². The van der Waals surface area contributed by atoms with Crippen LogP contribution in [0.15, 0.2) is 29.3 Å². The van der Waals surface area contributed by atoms with Gasteiger partial charge in [0.1, 0.15) is 5.84 Å². The van der Waals surface area contributed by atoms with E-state index >= 15 is 0 Å². The minimum absolute atomic E-state index is 0.0518. The van der Waals surface area contributed by atoms with Crippen LogP contribution in [0.2, 0.25) is 0 Å². The lowest BCUT2D eigenvalue weighted by Crippen LogP contribution is -2.50. The zero-order chi connectivity index (χ0) is 21.6. The van der Waals surface area contributed by atoms with Crippen LogP contribution in [0.3, 0.4) is 0 Å². The zero-order valence-electron chi connectivity index (χ0n) is 17.8. The van der Waals surface area contributed by atoms with Crippen LogP contribution in [0.4, 0.5) is 18.9 Å². The second-order valence-corrected chi connectivity index (χ2v) is 9.94. The topological polar surface area (TPSA) is 18.8 Å². The molecule has 3 nitrogen and oxygen atoms in total. The average Bonchev–Trinajstić information content (AvgIpc) is 2.79. The van der Waals surface area contributed by atoms with Crippen molar-refractivity contribution in [3.63, 3.8) is 0 Å². The molecular weight excluding hydrogens is 395 g/mol. The van der Waals surface area contributed by atoms with Crippen molar-refractivity contribution in [1.29, 1.82) is 0 Å². The quantitative estimate of drug-likeness (QED) is 0.547. The van der Waals surface area contributed by atoms with Crippen LogP contribution >= 0.6 is 12.2 Å². The summed E-state index contributed by atoms with van der Waals surface area (Å²) in [6.45, 7) is 12.1. The molecule has 0 aliphatic carbocycles. The number of rotatable bonds is 2. The summed E-state index contributed by atoms with van der Waals surface area (Å²) in [5.41, 5.74) is -1.03. The number of anilines is 1. The molecule has 0 N–H and O–H groups in total. The van der Waals surface area contributed by atoms with Gasteiger partial charge in [0.05, 0.1) is 22.1 Å². The van der Waals surface area contributed by atoms with Crippen molar-refractivity contribution in [2.45, 2.75) is 71.6 Å². The molecule has 3 rings (SSSR count). The number of alkyl halides is 3. The van der Waals surface area contributed by atoms with Crippen LogP contribution in [0.1, 0.15) is 59.4 Å². The number of aliphatic imine (C=N–C) groups is 1. The first-order valence-electron chi connectivity index (χ1n) is 10.2. The Morgan fingerprint density at radius 1 is 1.07 bits per heavy atom. The molecule has 0 saturated carbocycles. The van der Waals surface area contributed by atoms with Crippen LogP contribution in [-0.2, 0) is 6.18 Å². The van der Waals surface area contributed by atoms with Gasteiger partial charge in [0.15, 0.2) is 0 Å². The van der Waals surface area contributed by atoms with Crippen molar-refractivity contribution in [3.8, 4) is 0 Å². The van der Waals surface area contributed by atoms with Crippen molar-refractivity contribution in [2.24, 2.45) is 10.4 Å². The van der Waals surface area contributed by atoms with Gasteiger partial charge in [-0.05, 0) is 64.9 Å². The number of amidine groups is 1. The Morgan fingerprint density at radius 2 is 1.69 bits per heavy atom. The summed E-state index contributed by atoms with van der Waals surface area (Å²) in [6, 6.07) is 5.35. The monoisotopic (exact) mass is 425 g/mol. The molecule has 2 heterocycles. The predicted octanol–water partition coefficient (Wildman–Crippen LogP) is 5.93. The smallest absolute Gasteiger partial charge is 0.293 e. The molecule has 2 saturated heterocycles. The summed E-state index contributed by atoms with van der Waals surface area (Å²) in [5.74, 6) is 0.758. The minimum atomic E-state index is -4.40. The van der Waals surface area contributed by atoms with Gasteiger partial charge in [-0.2, -0.15) is 13.2 Å². The van der Waals surface area contributed by atoms with Gasteiger partial charge in [-0.25, -0.2) is 0 Å². The second-order valence-electron chi connectivity index (χ2n) is 9.55. The van der Waals surface area contributed by atoms with E-state index in [0.29, 0.717) is 10.7 Å². The molecule has 0 amide bonds. The Morgan fingerprint density at radius 3 is 2.24 bits per heavy atom. The highest BCUT2D eigenvalue weighted by Crippen LogP contribution is 2.42. The molecule has 2 fully saturated rings. The Hall–Kier alpha value is -1.47. The fraction of sp³-hybridized carbons (Fsp3) is 0.636. The van der Waals surface area contributed by atoms with E-state index in [0.717, 1.165) is 37.8 Å². The van der Waals surface area contributed by atoms with Crippen LogP contribution in [-0.4, -0.2) is 40.4 Å². The van der Waals surface area contributed by atoms with E-state index in [1.165, 1.54) is 18.6 Å². The molecular formula is C22H30F3N3S. The molecule has 1 aromatic carbocycles. The third kappa shape index (κ3) is 4.50. The van der Waals surface area contributed by atoms with E-state index in [9.17, 15) is 13.2 Å². The lowest BCUT2D eigenvalue weighted by atomic mass is 9.85. The average molecular weight is 426 g/mol. The second kappa shape index (κ2) is 7.65. The number of hydrogen-bond acceptors (Lipinski definition) is 3. The molecule has 1 aromatic rings. The Kier molecular flexibility index (Phi) is 5.86. The van der Waals surface area contributed by atoms with E-state index in [4.69, 9.17) is 17.2 Å². The van der Waals surface area contributed by atoms with E-state index in [1.807, 2.05) is 20.8 Å². The van der Waals surface area contributed by atoms with Gasteiger partial charge >= 0.3 is 6.18 Å². The summed E-state index contributed by atoms with van der Waals surface area (Å²) in [4.78, 5) is 9.81. The number of hydrogen-bond donors (Lipinski definition) is 0. The van der Waals surface area contributed by atoms with E-state index in [1.54, 1.807) is 11.0 Å². The summed E-state index contributed by atoms with van der Waals surface area (Å²) in [6.07, 6.45) is -0.963. The number of thiocarbonyl (C=S) groups is 1. The van der Waals surface area contributed by atoms with Crippen molar-refractivity contribution < 1.29 is 13.2 Å². The number of piperidine rings is 1. The van der Waals surface area contributed by atoms with Gasteiger partial charge in [0.25, 0.3) is 0 Å². The molecule has 2 aliphatic heterocycles. The molecule has 0 spiro atoms. The number of benzene rings is 1. The van der Waals surface area contributed by atoms with Crippen LogP contribution in [0.25, 0.3) is 0 Å². The number of likely N-dealkylation sites (tertiary alicyclic amines) is 1. The van der Waals surface area contributed by atoms with Gasteiger partial charge in [0.2, 0.25) is 0 Å². The molecule has 29 heavy (non-hydrogen) atoms. The van der Waals surface area contributed by atoms with Gasteiger partial charge in [0, 0.05) is 11.1 Å². The SMILES string of the molecule is CC(C)(C)N=C1[C@H](N2CCCCC2)C(C)(C)C(=S)N1c1cccc(C(F)(F)F)c1. The maximum atomic E-state index is 13.3. The van der Waals surface area contributed by atoms with Crippen molar-refractivity contribution in [3.05, 3.63) is 29.8 Å². The van der Waals surface area contributed by atoms with Gasteiger partial charge in [-0.15, -0.1) is 0 Å². The van der Waals surface area contributed by atoms with Gasteiger partial charge in [-0.1, -0.05) is 38.6 Å². The Bertz CT molecular complexity index is 802. The minimum Gasteiger partial charge on any atom is -0.293 e. The number of nitrogens with zero attached hydrogens (tertiary/aromatic N) is 3. The van der Waals surface area contributed by atoms with Gasteiger partial charge < -0.3 is 0 Å². The molecule has 0 aromatic heterocycles. The summed E-state index contributed by atoms with van der Waals surface area (Å²) >= 11 is 5.85. The maximum absolute atomic E-state index is 13.3. The van der Waals surface area contributed by atoms with Crippen molar-refractivity contribution in [1.82, 2.24) is 4.90 Å². The largest absolute Gasteiger partial charge is 0.416 e. The summed E-state index contributed by atoms with van der Waals surface area (Å²) in [5, 5.41) is 0. The first kappa shape index (κ1) is 22.2. The van der Waals surface area contributed by atoms with E-state index < -0.39 is 17.2 Å². The lowest BCUT2D eigenvalue weighted by molar-refractivity contribution is -0.137. The highest BCUT2D eigenvalue weighted by atomic mass is 32.1. The molecule has 0 unspecified atom stereocenters. The predicted molar refractivity (Wildman–Crippen MR) is 117 cm³/mol. The standard InChI is InChI=1S/C22H30F3N3S/c1-20(2,3)26-18-17(27-12-7-6-8-13-27)21(4,5)19(29)28(18)16-11-9-10-15(14-16)22(23,24)25/h9-11,14,17H,6-8,12-13H2,1-5H3/t17-/m0/s1. The van der Waals surface area contributed by atoms with Gasteiger partial charge in [-0.3, -0.25) is 14.8 Å². The Labute approximate surface area is 177 Å². The fourth-order valence-corrected chi connectivity index (χ4v) is 4.59.